The van der Waals surface area contributed by atoms with Crippen molar-refractivity contribution in [1.29, 1.82) is 0 Å². The first-order valence-corrected chi connectivity index (χ1v) is 10.7. The third-order valence-corrected chi connectivity index (χ3v) is 5.31. The number of hydrogen-bond acceptors (Lipinski definition) is 5. The molecule has 1 amide bonds. The summed E-state index contributed by atoms with van der Waals surface area (Å²) >= 11 is 5.98. The molecule has 0 bridgehead atoms. The predicted molar refractivity (Wildman–Crippen MR) is 124 cm³/mol. The zero-order valence-corrected chi connectivity index (χ0v) is 19.5. The van der Waals surface area contributed by atoms with Gasteiger partial charge < -0.3 is 24.1 Å². The second kappa shape index (κ2) is 10.9. The number of amides is 1. The van der Waals surface area contributed by atoms with E-state index in [1.807, 2.05) is 49.0 Å². The number of halogens is 1. The first-order valence-electron chi connectivity index (χ1n) is 10.3. The number of rotatable bonds is 10. The fourth-order valence-corrected chi connectivity index (χ4v) is 3.60. The van der Waals surface area contributed by atoms with E-state index in [0.29, 0.717) is 41.8 Å². The molecule has 3 aromatic rings. The van der Waals surface area contributed by atoms with Crippen LogP contribution in [0, 0.1) is 6.92 Å². The molecular weight excluding hydrogens is 430 g/mol. The van der Waals surface area contributed by atoms with Crippen molar-refractivity contribution in [2.45, 2.75) is 25.8 Å². The normalized spacial score (nSPS) is 11.7. The third-order valence-electron chi connectivity index (χ3n) is 5.07. The van der Waals surface area contributed by atoms with E-state index in [0.717, 1.165) is 16.9 Å². The number of benzene rings is 2. The van der Waals surface area contributed by atoms with Gasteiger partial charge in [0.2, 0.25) is 5.91 Å². The predicted octanol–water partition coefficient (Wildman–Crippen LogP) is 4.46. The molecule has 0 aliphatic heterocycles. The number of carbonyl (C=O) groups is 1. The summed E-state index contributed by atoms with van der Waals surface area (Å²) in [6.07, 6.45) is 4.43. The summed E-state index contributed by atoms with van der Waals surface area (Å²) in [5, 5.41) is 3.76. The highest BCUT2D eigenvalue weighted by Gasteiger charge is 2.22. The highest BCUT2D eigenvalue weighted by molar-refractivity contribution is 6.30. The number of methoxy groups -OCH3 is 2. The van der Waals surface area contributed by atoms with Gasteiger partial charge in [0.05, 0.1) is 20.8 Å². The Morgan fingerprint density at radius 3 is 2.47 bits per heavy atom. The first-order chi connectivity index (χ1) is 15.4. The van der Waals surface area contributed by atoms with E-state index >= 15 is 0 Å². The number of ether oxygens (including phenoxy) is 3. The van der Waals surface area contributed by atoms with E-state index in [1.54, 1.807) is 32.5 Å². The average molecular weight is 458 g/mol. The van der Waals surface area contributed by atoms with Gasteiger partial charge in [-0.1, -0.05) is 11.6 Å². The topological polar surface area (TPSA) is 74.6 Å². The Bertz CT molecular complexity index is 1040. The lowest BCUT2D eigenvalue weighted by molar-refractivity contribution is -0.121. The molecule has 0 spiro atoms. The van der Waals surface area contributed by atoms with Gasteiger partial charge in [-0.25, -0.2) is 4.98 Å². The van der Waals surface area contributed by atoms with Gasteiger partial charge in [0.15, 0.2) is 0 Å². The van der Waals surface area contributed by atoms with Gasteiger partial charge in [0.25, 0.3) is 0 Å². The molecule has 2 aromatic carbocycles. The minimum Gasteiger partial charge on any atom is -0.497 e. The van der Waals surface area contributed by atoms with Crippen LogP contribution in [0.1, 0.15) is 35.8 Å². The molecule has 1 heterocycles. The van der Waals surface area contributed by atoms with Crippen molar-refractivity contribution in [2.75, 3.05) is 20.8 Å². The third kappa shape index (κ3) is 5.95. The summed E-state index contributed by atoms with van der Waals surface area (Å²) in [5.41, 5.74) is 1.78. The summed E-state index contributed by atoms with van der Waals surface area (Å²) in [5.74, 6) is 2.65. The Hall–Kier alpha value is -3.19. The van der Waals surface area contributed by atoms with E-state index in [2.05, 4.69) is 10.3 Å². The molecule has 1 unspecified atom stereocenters. The van der Waals surface area contributed by atoms with Crippen LogP contribution < -0.4 is 19.5 Å². The van der Waals surface area contributed by atoms with Crippen molar-refractivity contribution in [3.63, 3.8) is 0 Å². The summed E-state index contributed by atoms with van der Waals surface area (Å²) in [6, 6.07) is 10.6. The van der Waals surface area contributed by atoms with Crippen LogP contribution in [-0.4, -0.2) is 36.3 Å². The fourth-order valence-electron chi connectivity index (χ4n) is 3.37. The lowest BCUT2D eigenvalue weighted by Gasteiger charge is -2.20. The van der Waals surface area contributed by atoms with Crippen molar-refractivity contribution in [3.05, 3.63) is 70.8 Å². The number of hydrogen-bond donors (Lipinski definition) is 1. The smallest absolute Gasteiger partial charge is 0.220 e. The number of nitrogens with zero attached hydrogens (tertiary/aromatic N) is 2. The molecule has 3 rings (SSSR count). The lowest BCUT2D eigenvalue weighted by atomic mass is 10.0. The van der Waals surface area contributed by atoms with Crippen LogP contribution in [0.25, 0.3) is 0 Å². The van der Waals surface area contributed by atoms with Gasteiger partial charge in [-0.3, -0.25) is 4.79 Å². The highest BCUT2D eigenvalue weighted by Crippen LogP contribution is 2.29. The fraction of sp³-hybridized carbons (Fsp3) is 0.333. The monoisotopic (exact) mass is 457 g/mol. The molecule has 170 valence electrons. The zero-order chi connectivity index (χ0) is 23.1. The SMILES string of the molecule is COc1cc(OC)cc(C(NC(=O)CCCOc2ccc(Cl)cc2C)c2nccn2C)c1. The van der Waals surface area contributed by atoms with Gasteiger partial charge in [0.1, 0.15) is 29.1 Å². The summed E-state index contributed by atoms with van der Waals surface area (Å²) in [4.78, 5) is 17.2. The summed E-state index contributed by atoms with van der Waals surface area (Å²) < 4.78 is 18.5. The molecule has 1 atom stereocenters. The molecule has 0 aliphatic rings. The van der Waals surface area contributed by atoms with Gasteiger partial charge in [0, 0.05) is 37.0 Å². The quantitative estimate of drug-likeness (QED) is 0.455. The van der Waals surface area contributed by atoms with E-state index in [-0.39, 0.29) is 5.91 Å². The molecule has 7 nitrogen and oxygen atoms in total. The number of aromatic nitrogens is 2. The highest BCUT2D eigenvalue weighted by atomic mass is 35.5. The second-order valence-electron chi connectivity index (χ2n) is 7.40. The van der Waals surface area contributed by atoms with Crippen LogP contribution in [0.5, 0.6) is 17.2 Å². The van der Waals surface area contributed by atoms with E-state index in [4.69, 9.17) is 25.8 Å². The molecule has 0 saturated carbocycles. The summed E-state index contributed by atoms with van der Waals surface area (Å²) in [7, 11) is 5.08. The maximum Gasteiger partial charge on any atom is 0.220 e. The maximum absolute atomic E-state index is 12.8. The van der Waals surface area contributed by atoms with Crippen molar-refractivity contribution in [1.82, 2.24) is 14.9 Å². The molecule has 0 saturated heterocycles. The molecule has 0 fully saturated rings. The van der Waals surface area contributed by atoms with E-state index in [9.17, 15) is 4.79 Å². The van der Waals surface area contributed by atoms with Crippen LogP contribution in [0.3, 0.4) is 0 Å². The first kappa shape index (κ1) is 23.5. The van der Waals surface area contributed by atoms with Crippen molar-refractivity contribution in [2.24, 2.45) is 7.05 Å². The number of imidazole rings is 1. The van der Waals surface area contributed by atoms with Gasteiger partial charge >= 0.3 is 0 Å². The van der Waals surface area contributed by atoms with E-state index < -0.39 is 6.04 Å². The minimum atomic E-state index is -0.453. The van der Waals surface area contributed by atoms with Gasteiger partial charge in [-0.05, 0) is 54.8 Å². The van der Waals surface area contributed by atoms with Gasteiger partial charge in [-0.15, -0.1) is 0 Å². The molecule has 0 radical (unpaired) electrons. The Kier molecular flexibility index (Phi) is 8.00. The van der Waals surface area contributed by atoms with E-state index in [1.165, 1.54) is 0 Å². The van der Waals surface area contributed by atoms with Crippen molar-refractivity contribution in [3.8, 4) is 17.2 Å². The second-order valence-corrected chi connectivity index (χ2v) is 7.84. The Balaban J connectivity index is 1.67. The lowest BCUT2D eigenvalue weighted by Crippen LogP contribution is -2.31. The number of nitrogens with one attached hydrogen (secondary N) is 1. The maximum atomic E-state index is 12.8. The molecule has 1 aromatic heterocycles. The Labute approximate surface area is 193 Å². The summed E-state index contributed by atoms with van der Waals surface area (Å²) in [6.45, 7) is 2.36. The number of carbonyl (C=O) groups excluding carboxylic acids is 1. The largest absolute Gasteiger partial charge is 0.497 e. The van der Waals surface area contributed by atoms with Gasteiger partial charge in [-0.2, -0.15) is 0 Å². The van der Waals surface area contributed by atoms with Crippen LogP contribution in [0.2, 0.25) is 5.02 Å². The zero-order valence-electron chi connectivity index (χ0n) is 18.7. The molecular formula is C24H28ClN3O4. The Morgan fingerprint density at radius 2 is 1.88 bits per heavy atom. The molecule has 1 N–H and O–H groups in total. The number of aryl methyl sites for hydroxylation is 2. The van der Waals surface area contributed by atoms with Crippen LogP contribution in [0.15, 0.2) is 48.8 Å². The van der Waals surface area contributed by atoms with Crippen molar-refractivity contribution >= 4 is 17.5 Å². The molecule has 8 heteroatoms. The molecule has 32 heavy (non-hydrogen) atoms. The van der Waals surface area contributed by atoms with Crippen molar-refractivity contribution < 1.29 is 19.0 Å². The molecule has 0 aliphatic carbocycles. The standard InChI is InChI=1S/C24H28ClN3O4/c1-16-12-18(25)7-8-21(16)32-11-5-6-22(29)27-23(24-26-9-10-28(24)2)17-13-19(30-3)15-20(14-17)31-4/h7-10,12-15,23H,5-6,11H2,1-4H3,(H,27,29). The Morgan fingerprint density at radius 1 is 1.16 bits per heavy atom. The van der Waals surface area contributed by atoms with Crippen LogP contribution in [-0.2, 0) is 11.8 Å². The van der Waals surface area contributed by atoms with Crippen LogP contribution >= 0.6 is 11.6 Å². The average Bonchev–Trinajstić information content (AvgIpc) is 3.21. The van der Waals surface area contributed by atoms with Crippen LogP contribution in [0.4, 0.5) is 0 Å². The minimum absolute atomic E-state index is 0.101.